The van der Waals surface area contributed by atoms with Gasteiger partial charge in [0.2, 0.25) is 0 Å². The molecule has 0 aliphatic heterocycles. The summed E-state index contributed by atoms with van der Waals surface area (Å²) in [5.41, 5.74) is 4.35. The quantitative estimate of drug-likeness (QED) is 0.753. The molecule has 1 atom stereocenters. The van der Waals surface area contributed by atoms with Gasteiger partial charge in [0.25, 0.3) is 5.91 Å². The van der Waals surface area contributed by atoms with Crippen LogP contribution in [0.2, 0.25) is 0 Å². The lowest BCUT2D eigenvalue weighted by atomic mass is 9.91. The third kappa shape index (κ3) is 3.43. The van der Waals surface area contributed by atoms with Crippen LogP contribution in [-0.2, 0) is 17.6 Å². The Balaban J connectivity index is 1.39. The number of carbonyl (C=O) groups is 1. The highest BCUT2D eigenvalue weighted by atomic mass is 19.1. The number of fused-ring (bicyclic) bond motifs is 3. The van der Waals surface area contributed by atoms with Crippen molar-refractivity contribution < 1.29 is 13.9 Å². The summed E-state index contributed by atoms with van der Waals surface area (Å²) in [5, 5.41) is 3.95. The molecule has 2 aromatic carbocycles. The van der Waals surface area contributed by atoms with Crippen LogP contribution in [0.1, 0.15) is 23.2 Å². The van der Waals surface area contributed by atoms with Crippen molar-refractivity contribution in [2.45, 2.75) is 32.2 Å². The second-order valence-electron chi connectivity index (χ2n) is 6.88. The zero-order valence-corrected chi connectivity index (χ0v) is 14.6. The van der Waals surface area contributed by atoms with E-state index in [0.717, 1.165) is 40.6 Å². The van der Waals surface area contributed by atoms with Crippen molar-refractivity contribution in [3.63, 3.8) is 0 Å². The lowest BCUT2D eigenvalue weighted by Gasteiger charge is -2.23. The van der Waals surface area contributed by atoms with E-state index < -0.39 is 0 Å². The average Bonchev–Trinajstić information content (AvgIpc) is 2.98. The molecule has 4 nitrogen and oxygen atoms in total. The van der Waals surface area contributed by atoms with E-state index in [-0.39, 0.29) is 24.4 Å². The van der Waals surface area contributed by atoms with Crippen molar-refractivity contribution in [1.29, 1.82) is 0 Å². The van der Waals surface area contributed by atoms with E-state index in [9.17, 15) is 9.18 Å². The van der Waals surface area contributed by atoms with Crippen LogP contribution < -0.4 is 10.1 Å². The summed E-state index contributed by atoms with van der Waals surface area (Å²) < 4.78 is 19.1. The smallest absolute Gasteiger partial charge is 0.258 e. The number of aryl methyl sites for hydroxylation is 2. The Hall–Kier alpha value is -2.82. The molecule has 1 amide bonds. The van der Waals surface area contributed by atoms with Gasteiger partial charge in [-0.3, -0.25) is 4.79 Å². The van der Waals surface area contributed by atoms with E-state index in [1.54, 1.807) is 12.1 Å². The predicted octanol–water partition coefficient (Wildman–Crippen LogP) is 3.67. The molecule has 0 radical (unpaired) electrons. The van der Waals surface area contributed by atoms with Crippen LogP contribution in [0.15, 0.2) is 42.5 Å². The summed E-state index contributed by atoms with van der Waals surface area (Å²) in [6.45, 7) is 2.00. The molecule has 1 aliphatic rings. The van der Waals surface area contributed by atoms with Crippen LogP contribution in [0, 0.1) is 12.7 Å². The maximum atomic E-state index is 13.6. The molecule has 4 rings (SSSR count). The predicted molar refractivity (Wildman–Crippen MR) is 98.9 cm³/mol. The van der Waals surface area contributed by atoms with Gasteiger partial charge in [-0.25, -0.2) is 4.39 Å². The zero-order valence-electron chi connectivity index (χ0n) is 14.6. The molecule has 2 N–H and O–H groups in total. The van der Waals surface area contributed by atoms with E-state index in [4.69, 9.17) is 4.74 Å². The maximum absolute atomic E-state index is 13.6. The second-order valence-corrected chi connectivity index (χ2v) is 6.88. The fourth-order valence-electron chi connectivity index (χ4n) is 3.57. The largest absolute Gasteiger partial charge is 0.484 e. The van der Waals surface area contributed by atoms with Gasteiger partial charge in [0.15, 0.2) is 6.61 Å². The number of halogens is 1. The Morgan fingerprint density at radius 2 is 2.08 bits per heavy atom. The van der Waals surface area contributed by atoms with Gasteiger partial charge in [-0.15, -0.1) is 0 Å². The van der Waals surface area contributed by atoms with Crippen molar-refractivity contribution in [2.75, 3.05) is 6.61 Å². The average molecular weight is 352 g/mol. The molecule has 0 fully saturated rings. The minimum Gasteiger partial charge on any atom is -0.484 e. The van der Waals surface area contributed by atoms with Gasteiger partial charge < -0.3 is 15.0 Å². The third-order valence-electron chi connectivity index (χ3n) is 4.91. The maximum Gasteiger partial charge on any atom is 0.258 e. The molecule has 5 heteroatoms. The molecule has 3 aromatic rings. The number of aromatic nitrogens is 1. The summed E-state index contributed by atoms with van der Waals surface area (Å²) in [6, 6.07) is 12.5. The van der Waals surface area contributed by atoms with Gasteiger partial charge in [-0.05, 0) is 62.1 Å². The number of carbonyl (C=O) groups excluding carboxylic acids is 1. The van der Waals surface area contributed by atoms with Gasteiger partial charge in [0, 0.05) is 22.6 Å². The second kappa shape index (κ2) is 6.83. The Labute approximate surface area is 151 Å². The van der Waals surface area contributed by atoms with Crippen LogP contribution in [-0.4, -0.2) is 23.5 Å². The van der Waals surface area contributed by atoms with Gasteiger partial charge >= 0.3 is 0 Å². The first-order chi connectivity index (χ1) is 12.6. The van der Waals surface area contributed by atoms with Crippen LogP contribution >= 0.6 is 0 Å². The normalized spacial score (nSPS) is 16.3. The zero-order chi connectivity index (χ0) is 18.1. The van der Waals surface area contributed by atoms with Crippen molar-refractivity contribution in [3.8, 4) is 5.75 Å². The highest BCUT2D eigenvalue weighted by molar-refractivity contribution is 5.85. The monoisotopic (exact) mass is 352 g/mol. The van der Waals surface area contributed by atoms with Crippen molar-refractivity contribution in [3.05, 3.63) is 65.1 Å². The van der Waals surface area contributed by atoms with Crippen molar-refractivity contribution >= 4 is 16.8 Å². The minimum atomic E-state index is -0.239. The molecule has 1 aliphatic carbocycles. The molecule has 1 aromatic heterocycles. The van der Waals surface area contributed by atoms with Crippen LogP contribution in [0.25, 0.3) is 10.9 Å². The highest BCUT2D eigenvalue weighted by Crippen LogP contribution is 2.29. The van der Waals surface area contributed by atoms with Crippen LogP contribution in [0.4, 0.5) is 4.39 Å². The van der Waals surface area contributed by atoms with Gasteiger partial charge in [-0.2, -0.15) is 0 Å². The first kappa shape index (κ1) is 16.6. The summed E-state index contributed by atoms with van der Waals surface area (Å²) in [7, 11) is 0. The van der Waals surface area contributed by atoms with Gasteiger partial charge in [0.1, 0.15) is 11.6 Å². The van der Waals surface area contributed by atoms with E-state index in [1.165, 1.54) is 6.07 Å². The van der Waals surface area contributed by atoms with Crippen molar-refractivity contribution in [2.24, 2.45) is 0 Å². The molecule has 1 heterocycles. The summed E-state index contributed by atoms with van der Waals surface area (Å²) >= 11 is 0. The molecule has 134 valence electrons. The first-order valence-corrected chi connectivity index (χ1v) is 8.86. The fraction of sp³-hybridized carbons (Fsp3) is 0.286. The number of rotatable bonds is 4. The number of nitrogens with one attached hydrogen (secondary N) is 2. The number of benzene rings is 2. The molecule has 0 saturated carbocycles. The van der Waals surface area contributed by atoms with E-state index >= 15 is 0 Å². The number of H-pyrrole nitrogens is 1. The lowest BCUT2D eigenvalue weighted by Crippen LogP contribution is -2.41. The van der Waals surface area contributed by atoms with Gasteiger partial charge in [0.05, 0.1) is 0 Å². The number of hydrogen-bond donors (Lipinski definition) is 2. The summed E-state index contributed by atoms with van der Waals surface area (Å²) in [4.78, 5) is 15.6. The molecule has 26 heavy (non-hydrogen) atoms. The van der Waals surface area contributed by atoms with Crippen LogP contribution in [0.5, 0.6) is 5.75 Å². The minimum absolute atomic E-state index is 0.00503. The Morgan fingerprint density at radius 1 is 1.27 bits per heavy atom. The fourth-order valence-corrected chi connectivity index (χ4v) is 3.57. The third-order valence-corrected chi connectivity index (χ3v) is 4.91. The first-order valence-electron chi connectivity index (χ1n) is 8.86. The molecule has 0 bridgehead atoms. The topological polar surface area (TPSA) is 54.1 Å². The molecular weight excluding hydrogens is 331 g/mol. The SMILES string of the molecule is Cc1ccc(OCC(=O)NC2CCc3[nH]c4ccc(F)cc4c3C2)cc1. The number of ether oxygens (including phenoxy) is 1. The standard InChI is InChI=1S/C21H21FN2O2/c1-13-2-6-16(7-3-13)26-12-21(25)23-15-5-9-20-18(11-15)17-10-14(22)4-8-19(17)24-20/h2-4,6-8,10,15,24H,5,9,11-12H2,1H3,(H,23,25). The summed E-state index contributed by atoms with van der Waals surface area (Å²) in [6.07, 6.45) is 2.41. The number of aromatic amines is 1. The van der Waals surface area contributed by atoms with Gasteiger partial charge in [-0.1, -0.05) is 17.7 Å². The Bertz CT molecular complexity index is 947. The van der Waals surface area contributed by atoms with E-state index in [1.807, 2.05) is 31.2 Å². The highest BCUT2D eigenvalue weighted by Gasteiger charge is 2.24. The number of amides is 1. The number of hydrogen-bond acceptors (Lipinski definition) is 2. The summed E-state index contributed by atoms with van der Waals surface area (Å²) in [5.74, 6) is 0.311. The van der Waals surface area contributed by atoms with Crippen LogP contribution in [0.3, 0.4) is 0 Å². The lowest BCUT2D eigenvalue weighted by molar-refractivity contribution is -0.123. The van der Waals surface area contributed by atoms with E-state index in [0.29, 0.717) is 12.2 Å². The molecule has 0 saturated heterocycles. The Morgan fingerprint density at radius 3 is 2.88 bits per heavy atom. The Kier molecular flexibility index (Phi) is 4.37. The van der Waals surface area contributed by atoms with Crippen molar-refractivity contribution in [1.82, 2.24) is 10.3 Å². The molecule has 0 spiro atoms. The molecular formula is C21H21FN2O2. The van der Waals surface area contributed by atoms with E-state index in [2.05, 4.69) is 10.3 Å². The molecule has 1 unspecified atom stereocenters.